The van der Waals surface area contributed by atoms with E-state index in [9.17, 15) is 9.59 Å². The second-order valence-electron chi connectivity index (χ2n) is 6.84. The van der Waals surface area contributed by atoms with Gasteiger partial charge in [0.25, 0.3) is 5.91 Å². The lowest BCUT2D eigenvalue weighted by molar-refractivity contribution is 0.0941. The van der Waals surface area contributed by atoms with Crippen molar-refractivity contribution in [2.24, 2.45) is 0 Å². The van der Waals surface area contributed by atoms with Gasteiger partial charge in [0, 0.05) is 23.1 Å². The Labute approximate surface area is 157 Å². The van der Waals surface area contributed by atoms with Gasteiger partial charge < -0.3 is 15.0 Å². The van der Waals surface area contributed by atoms with Crippen LogP contribution in [0.4, 0.5) is 0 Å². The van der Waals surface area contributed by atoms with Crippen LogP contribution in [-0.2, 0) is 6.42 Å². The summed E-state index contributed by atoms with van der Waals surface area (Å²) < 4.78 is 5.86. The fourth-order valence-electron chi connectivity index (χ4n) is 3.74. The number of ether oxygens (including phenoxy) is 1. The van der Waals surface area contributed by atoms with Crippen LogP contribution in [0.5, 0.6) is 5.75 Å². The van der Waals surface area contributed by atoms with Crippen molar-refractivity contribution in [1.82, 2.24) is 10.3 Å². The quantitative estimate of drug-likeness (QED) is 0.678. The number of amides is 1. The number of carbonyl (C=O) groups is 2. The summed E-state index contributed by atoms with van der Waals surface area (Å²) in [4.78, 5) is 27.7. The van der Waals surface area contributed by atoms with Crippen molar-refractivity contribution in [2.75, 3.05) is 13.2 Å². The third-order valence-corrected chi connectivity index (χ3v) is 5.06. The van der Waals surface area contributed by atoms with Crippen LogP contribution in [0.1, 0.15) is 44.9 Å². The Balaban J connectivity index is 1.38. The number of ketones is 1. The molecule has 1 aliphatic carbocycles. The highest BCUT2D eigenvalue weighted by atomic mass is 16.5. The van der Waals surface area contributed by atoms with Crippen molar-refractivity contribution in [3.63, 3.8) is 0 Å². The van der Waals surface area contributed by atoms with Gasteiger partial charge in [-0.2, -0.15) is 0 Å². The Kier molecular flexibility index (Phi) is 4.67. The predicted molar refractivity (Wildman–Crippen MR) is 105 cm³/mol. The molecule has 2 aromatic carbocycles. The average Bonchev–Trinajstić information content (AvgIpc) is 3.03. The summed E-state index contributed by atoms with van der Waals surface area (Å²) in [6.07, 6.45) is 2.22. The Morgan fingerprint density at radius 2 is 1.96 bits per heavy atom. The highest BCUT2D eigenvalue weighted by molar-refractivity contribution is 6.04. The number of nitrogens with one attached hydrogen (secondary N) is 2. The van der Waals surface area contributed by atoms with E-state index in [1.165, 1.54) is 0 Å². The maximum Gasteiger partial charge on any atom is 0.268 e. The molecule has 1 aliphatic rings. The van der Waals surface area contributed by atoms with E-state index in [2.05, 4.69) is 10.3 Å². The molecule has 0 unspecified atom stereocenters. The molecule has 0 bridgehead atoms. The minimum atomic E-state index is -0.198. The summed E-state index contributed by atoms with van der Waals surface area (Å²) in [6.45, 7) is 2.59. The lowest BCUT2D eigenvalue weighted by Gasteiger charge is -2.10. The Bertz CT molecular complexity index is 1010. The molecular weight excluding hydrogens is 340 g/mol. The number of aryl methyl sites for hydroxylation is 1. The maximum absolute atomic E-state index is 12.5. The number of Topliss-reactive ketones (excluding diaryl/α,β-unsaturated/α-hetero) is 1. The molecule has 138 valence electrons. The minimum absolute atomic E-state index is 0.128. The van der Waals surface area contributed by atoms with Crippen molar-refractivity contribution in [3.05, 3.63) is 65.0 Å². The standard InChI is InChI=1S/C22H22N2O3/c1-14-20-17(9-5-10-18(20)25)24-21(14)22(26)23-12-13-27-19-11-4-7-15-6-2-3-8-16(15)19/h2-4,6-8,11,24H,5,9-10,12-13H2,1H3,(H,23,26). The SMILES string of the molecule is Cc1c(C(=O)NCCOc2cccc3ccccc23)[nH]c2c1C(=O)CCC2. The van der Waals surface area contributed by atoms with E-state index in [4.69, 9.17) is 4.74 Å². The second kappa shape index (κ2) is 7.27. The number of H-pyrrole nitrogens is 1. The van der Waals surface area contributed by atoms with Gasteiger partial charge in [0.05, 0.1) is 6.54 Å². The van der Waals surface area contributed by atoms with Crippen LogP contribution in [-0.4, -0.2) is 29.8 Å². The summed E-state index contributed by atoms with van der Waals surface area (Å²) in [5, 5.41) is 5.05. The molecule has 5 heteroatoms. The molecule has 5 nitrogen and oxygen atoms in total. The molecule has 0 aliphatic heterocycles. The Morgan fingerprint density at radius 1 is 1.15 bits per heavy atom. The van der Waals surface area contributed by atoms with E-state index in [0.29, 0.717) is 30.8 Å². The van der Waals surface area contributed by atoms with Crippen molar-refractivity contribution in [2.45, 2.75) is 26.2 Å². The molecule has 0 saturated carbocycles. The molecule has 0 atom stereocenters. The molecule has 1 aromatic heterocycles. The third kappa shape index (κ3) is 3.33. The first kappa shape index (κ1) is 17.3. The van der Waals surface area contributed by atoms with E-state index in [1.54, 1.807) is 0 Å². The van der Waals surface area contributed by atoms with Crippen LogP contribution in [0, 0.1) is 6.92 Å². The van der Waals surface area contributed by atoms with E-state index < -0.39 is 0 Å². The zero-order valence-electron chi connectivity index (χ0n) is 15.3. The Morgan fingerprint density at radius 3 is 2.81 bits per heavy atom. The van der Waals surface area contributed by atoms with Crippen LogP contribution < -0.4 is 10.1 Å². The van der Waals surface area contributed by atoms with Crippen molar-refractivity contribution in [1.29, 1.82) is 0 Å². The molecule has 4 rings (SSSR count). The molecule has 2 N–H and O–H groups in total. The molecule has 3 aromatic rings. The fraction of sp³-hybridized carbons (Fsp3) is 0.273. The summed E-state index contributed by atoms with van der Waals surface area (Å²) in [5.41, 5.74) is 2.84. The van der Waals surface area contributed by atoms with Crippen LogP contribution in [0.15, 0.2) is 42.5 Å². The van der Waals surface area contributed by atoms with Crippen LogP contribution in [0.25, 0.3) is 10.8 Å². The van der Waals surface area contributed by atoms with Gasteiger partial charge in [-0.05, 0) is 36.8 Å². The summed E-state index contributed by atoms with van der Waals surface area (Å²) in [5.74, 6) is 0.735. The molecule has 1 amide bonds. The average molecular weight is 362 g/mol. The first-order chi connectivity index (χ1) is 13.1. The minimum Gasteiger partial charge on any atom is -0.491 e. The second-order valence-corrected chi connectivity index (χ2v) is 6.84. The van der Waals surface area contributed by atoms with Gasteiger partial charge in [-0.3, -0.25) is 9.59 Å². The number of benzene rings is 2. The highest BCUT2D eigenvalue weighted by Crippen LogP contribution is 2.27. The molecule has 27 heavy (non-hydrogen) atoms. The van der Waals surface area contributed by atoms with Crippen molar-refractivity contribution >= 4 is 22.5 Å². The summed E-state index contributed by atoms with van der Waals surface area (Å²) >= 11 is 0. The Hall–Kier alpha value is -3.08. The predicted octanol–water partition coefficient (Wildman–Crippen LogP) is 3.80. The number of rotatable bonds is 5. The highest BCUT2D eigenvalue weighted by Gasteiger charge is 2.26. The number of carbonyl (C=O) groups excluding carboxylic acids is 2. The summed E-state index contributed by atoms with van der Waals surface area (Å²) in [6, 6.07) is 14.0. The molecule has 0 spiro atoms. The smallest absolute Gasteiger partial charge is 0.268 e. The molecular formula is C22H22N2O3. The van der Waals surface area contributed by atoms with Crippen LogP contribution in [0.3, 0.4) is 0 Å². The molecule has 0 saturated heterocycles. The van der Waals surface area contributed by atoms with Gasteiger partial charge in [-0.1, -0.05) is 36.4 Å². The number of hydrogen-bond acceptors (Lipinski definition) is 3. The lowest BCUT2D eigenvalue weighted by Crippen LogP contribution is -2.29. The first-order valence-electron chi connectivity index (χ1n) is 9.28. The largest absolute Gasteiger partial charge is 0.491 e. The maximum atomic E-state index is 12.5. The number of fused-ring (bicyclic) bond motifs is 2. The monoisotopic (exact) mass is 362 g/mol. The van der Waals surface area contributed by atoms with E-state index >= 15 is 0 Å². The van der Waals surface area contributed by atoms with Gasteiger partial charge in [0.1, 0.15) is 18.1 Å². The van der Waals surface area contributed by atoms with E-state index in [1.807, 2.05) is 49.4 Å². The van der Waals surface area contributed by atoms with Gasteiger partial charge in [0.15, 0.2) is 5.78 Å². The molecule has 0 radical (unpaired) electrons. The molecule has 0 fully saturated rings. The van der Waals surface area contributed by atoms with Crippen LogP contribution in [0.2, 0.25) is 0 Å². The third-order valence-electron chi connectivity index (χ3n) is 5.06. The number of aromatic amines is 1. The zero-order valence-corrected chi connectivity index (χ0v) is 15.3. The summed E-state index contributed by atoms with van der Waals surface area (Å²) in [7, 11) is 0. The van der Waals surface area contributed by atoms with Gasteiger partial charge in [0.2, 0.25) is 0 Å². The topological polar surface area (TPSA) is 71.2 Å². The van der Waals surface area contributed by atoms with Gasteiger partial charge in [-0.15, -0.1) is 0 Å². The zero-order chi connectivity index (χ0) is 18.8. The van der Waals surface area contributed by atoms with E-state index in [-0.39, 0.29) is 11.7 Å². The first-order valence-corrected chi connectivity index (χ1v) is 9.28. The number of aromatic nitrogens is 1. The fourth-order valence-corrected chi connectivity index (χ4v) is 3.74. The van der Waals surface area contributed by atoms with E-state index in [0.717, 1.165) is 40.6 Å². The van der Waals surface area contributed by atoms with Crippen molar-refractivity contribution in [3.8, 4) is 5.75 Å². The van der Waals surface area contributed by atoms with Gasteiger partial charge in [-0.25, -0.2) is 0 Å². The van der Waals surface area contributed by atoms with Crippen molar-refractivity contribution < 1.29 is 14.3 Å². The molecule has 1 heterocycles. The lowest BCUT2D eigenvalue weighted by atomic mass is 9.94. The number of hydrogen-bond donors (Lipinski definition) is 2. The normalized spacial score (nSPS) is 13.4. The van der Waals surface area contributed by atoms with Crippen LogP contribution >= 0.6 is 0 Å². The van der Waals surface area contributed by atoms with Gasteiger partial charge >= 0.3 is 0 Å².